The molecule has 1 aliphatic rings. The lowest BCUT2D eigenvalue weighted by Crippen LogP contribution is -2.33. The Labute approximate surface area is 159 Å². The fourth-order valence-corrected chi connectivity index (χ4v) is 4.19. The number of thiazole rings is 1. The molecule has 2 aromatic rings. The molecule has 1 N–H and O–H groups in total. The van der Waals surface area contributed by atoms with Crippen LogP contribution >= 0.6 is 23.1 Å². The molecule has 1 saturated heterocycles. The number of ether oxygens (including phenoxy) is 1. The minimum atomic E-state index is -0.480. The summed E-state index contributed by atoms with van der Waals surface area (Å²) in [7, 11) is 1.58. The monoisotopic (exact) mass is 390 g/mol. The van der Waals surface area contributed by atoms with Crippen molar-refractivity contribution in [2.75, 3.05) is 19.0 Å². The van der Waals surface area contributed by atoms with Gasteiger partial charge in [0.25, 0.3) is 0 Å². The molecular formula is C17H18N4O3S2. The van der Waals surface area contributed by atoms with Crippen molar-refractivity contribution in [3.63, 3.8) is 0 Å². The van der Waals surface area contributed by atoms with Crippen molar-refractivity contribution >= 4 is 50.9 Å². The molecule has 1 unspecified atom stereocenters. The van der Waals surface area contributed by atoms with Gasteiger partial charge in [-0.1, -0.05) is 11.8 Å². The molecule has 0 spiro atoms. The van der Waals surface area contributed by atoms with Crippen LogP contribution < -0.4 is 10.1 Å². The number of hydrogen-bond acceptors (Lipinski definition) is 7. The number of carbonyl (C=O) groups excluding carboxylic acids is 2. The van der Waals surface area contributed by atoms with Crippen LogP contribution in [0, 0.1) is 0 Å². The zero-order valence-corrected chi connectivity index (χ0v) is 16.0. The second-order valence-corrected chi connectivity index (χ2v) is 7.42. The number of amides is 2. The van der Waals surface area contributed by atoms with Gasteiger partial charge in [0.15, 0.2) is 5.17 Å². The molecule has 1 aliphatic heterocycles. The highest BCUT2D eigenvalue weighted by molar-refractivity contribution is 8.15. The van der Waals surface area contributed by atoms with Crippen LogP contribution in [-0.4, -0.2) is 45.8 Å². The van der Waals surface area contributed by atoms with Crippen LogP contribution in [0.1, 0.15) is 13.3 Å². The van der Waals surface area contributed by atoms with Crippen LogP contribution in [0.5, 0.6) is 5.75 Å². The number of rotatable bonds is 6. The number of aliphatic imine (C=N–C) groups is 1. The van der Waals surface area contributed by atoms with Crippen LogP contribution in [0.2, 0.25) is 0 Å². The average Bonchev–Trinajstić information content (AvgIpc) is 3.24. The zero-order valence-electron chi connectivity index (χ0n) is 14.3. The summed E-state index contributed by atoms with van der Waals surface area (Å²) < 4.78 is 5.09. The van der Waals surface area contributed by atoms with Crippen molar-refractivity contribution in [2.45, 2.75) is 18.6 Å². The first-order valence-electron chi connectivity index (χ1n) is 8.01. The Morgan fingerprint density at radius 1 is 1.38 bits per heavy atom. The predicted molar refractivity (Wildman–Crippen MR) is 104 cm³/mol. The number of thioether (sulfide) groups is 1. The lowest BCUT2D eigenvalue weighted by Gasteiger charge is -2.12. The van der Waals surface area contributed by atoms with Crippen molar-refractivity contribution in [3.8, 4) is 5.75 Å². The van der Waals surface area contributed by atoms with E-state index in [0.29, 0.717) is 28.3 Å². The molecule has 1 aromatic carbocycles. The highest BCUT2D eigenvalue weighted by atomic mass is 32.2. The number of benzene rings is 1. The van der Waals surface area contributed by atoms with E-state index in [2.05, 4.69) is 15.3 Å². The second kappa shape index (κ2) is 8.33. The van der Waals surface area contributed by atoms with E-state index >= 15 is 0 Å². The fraction of sp³-hybridized carbons (Fsp3) is 0.294. The Morgan fingerprint density at radius 2 is 2.15 bits per heavy atom. The maximum atomic E-state index is 12.6. The van der Waals surface area contributed by atoms with Gasteiger partial charge in [-0.3, -0.25) is 14.5 Å². The van der Waals surface area contributed by atoms with Gasteiger partial charge in [-0.05, 0) is 31.2 Å². The van der Waals surface area contributed by atoms with Gasteiger partial charge in [0.05, 0.1) is 7.11 Å². The van der Waals surface area contributed by atoms with E-state index in [9.17, 15) is 9.59 Å². The molecule has 0 radical (unpaired) electrons. The SMILES string of the molecule is CCN1C(=O)C(CC(=O)Nc2ccc(OC)cc2)SC1=Nc1nccs1. The third-order valence-electron chi connectivity index (χ3n) is 3.69. The van der Waals surface area contributed by atoms with Gasteiger partial charge in [-0.15, -0.1) is 11.3 Å². The first kappa shape index (κ1) is 18.4. The third kappa shape index (κ3) is 4.23. The summed E-state index contributed by atoms with van der Waals surface area (Å²) >= 11 is 2.71. The predicted octanol–water partition coefficient (Wildman–Crippen LogP) is 3.13. The number of anilines is 1. The number of hydrogen-bond donors (Lipinski definition) is 1. The molecule has 1 atom stereocenters. The number of aromatic nitrogens is 1. The molecule has 26 heavy (non-hydrogen) atoms. The lowest BCUT2D eigenvalue weighted by molar-refractivity contribution is -0.128. The van der Waals surface area contributed by atoms with E-state index in [1.54, 1.807) is 42.5 Å². The molecular weight excluding hydrogens is 372 g/mol. The Kier molecular flexibility index (Phi) is 5.89. The molecule has 0 bridgehead atoms. The van der Waals surface area contributed by atoms with Gasteiger partial charge in [-0.2, -0.15) is 4.99 Å². The first-order valence-corrected chi connectivity index (χ1v) is 9.76. The highest BCUT2D eigenvalue weighted by Gasteiger charge is 2.38. The molecule has 0 saturated carbocycles. The Bertz CT molecular complexity index is 806. The minimum Gasteiger partial charge on any atom is -0.497 e. The Hall–Kier alpha value is -2.39. The van der Waals surface area contributed by atoms with Crippen LogP contribution in [0.3, 0.4) is 0 Å². The second-order valence-electron chi connectivity index (χ2n) is 5.38. The van der Waals surface area contributed by atoms with Crippen LogP contribution in [0.25, 0.3) is 0 Å². The Morgan fingerprint density at radius 3 is 2.77 bits per heavy atom. The highest BCUT2D eigenvalue weighted by Crippen LogP contribution is 2.32. The molecule has 9 heteroatoms. The smallest absolute Gasteiger partial charge is 0.242 e. The normalized spacial score (nSPS) is 18.4. The summed E-state index contributed by atoms with van der Waals surface area (Å²) in [6, 6.07) is 7.05. The average molecular weight is 390 g/mol. The van der Waals surface area contributed by atoms with E-state index in [0.717, 1.165) is 0 Å². The van der Waals surface area contributed by atoms with Crippen molar-refractivity contribution in [1.82, 2.24) is 9.88 Å². The van der Waals surface area contributed by atoms with Gasteiger partial charge in [0.2, 0.25) is 16.9 Å². The fourth-order valence-electron chi connectivity index (χ4n) is 2.42. The Balaban J connectivity index is 1.65. The van der Waals surface area contributed by atoms with E-state index in [1.807, 2.05) is 12.3 Å². The van der Waals surface area contributed by atoms with E-state index < -0.39 is 5.25 Å². The topological polar surface area (TPSA) is 83.9 Å². The molecule has 3 rings (SSSR count). The summed E-state index contributed by atoms with van der Waals surface area (Å²) in [5, 5.41) is 5.35. The molecule has 1 fully saturated rings. The van der Waals surface area contributed by atoms with E-state index in [-0.39, 0.29) is 18.2 Å². The van der Waals surface area contributed by atoms with Gasteiger partial charge >= 0.3 is 0 Å². The van der Waals surface area contributed by atoms with Gasteiger partial charge in [0, 0.05) is 30.2 Å². The maximum absolute atomic E-state index is 12.6. The minimum absolute atomic E-state index is 0.0862. The largest absolute Gasteiger partial charge is 0.497 e. The van der Waals surface area contributed by atoms with Gasteiger partial charge in [0.1, 0.15) is 11.0 Å². The standard InChI is InChI=1S/C17H18N4O3S2/c1-3-21-15(23)13(26-17(21)20-16-18-8-9-25-16)10-14(22)19-11-4-6-12(24-2)7-5-11/h4-9,13H,3,10H2,1-2H3,(H,19,22). The molecule has 136 valence electrons. The van der Waals surface area contributed by atoms with E-state index in [4.69, 9.17) is 4.74 Å². The number of nitrogens with zero attached hydrogens (tertiary/aromatic N) is 3. The molecule has 2 heterocycles. The maximum Gasteiger partial charge on any atom is 0.242 e. The molecule has 0 aliphatic carbocycles. The van der Waals surface area contributed by atoms with Crippen molar-refractivity contribution in [2.24, 2.45) is 4.99 Å². The summed E-state index contributed by atoms with van der Waals surface area (Å²) in [6.07, 6.45) is 1.75. The van der Waals surface area contributed by atoms with Crippen molar-refractivity contribution < 1.29 is 14.3 Å². The van der Waals surface area contributed by atoms with Crippen LogP contribution in [0.4, 0.5) is 10.8 Å². The first-order chi connectivity index (χ1) is 12.6. The summed E-state index contributed by atoms with van der Waals surface area (Å²) in [5.41, 5.74) is 0.662. The number of amidine groups is 1. The summed E-state index contributed by atoms with van der Waals surface area (Å²) in [4.78, 5) is 35.0. The molecule has 1 aromatic heterocycles. The zero-order chi connectivity index (χ0) is 18.5. The number of carbonyl (C=O) groups is 2. The van der Waals surface area contributed by atoms with Crippen LogP contribution in [0.15, 0.2) is 40.8 Å². The van der Waals surface area contributed by atoms with Crippen molar-refractivity contribution in [1.29, 1.82) is 0 Å². The van der Waals surface area contributed by atoms with Gasteiger partial charge in [-0.25, -0.2) is 4.98 Å². The van der Waals surface area contributed by atoms with Crippen molar-refractivity contribution in [3.05, 3.63) is 35.8 Å². The third-order valence-corrected chi connectivity index (χ3v) is 5.53. The van der Waals surface area contributed by atoms with E-state index in [1.165, 1.54) is 23.1 Å². The van der Waals surface area contributed by atoms with Gasteiger partial charge < -0.3 is 10.1 Å². The molecule has 7 nitrogen and oxygen atoms in total. The van der Waals surface area contributed by atoms with Crippen LogP contribution in [-0.2, 0) is 9.59 Å². The quantitative estimate of drug-likeness (QED) is 0.819. The summed E-state index contributed by atoms with van der Waals surface area (Å²) in [5.74, 6) is 0.399. The molecule has 2 amide bonds. The number of methoxy groups -OCH3 is 1. The number of nitrogens with one attached hydrogen (secondary N) is 1. The summed E-state index contributed by atoms with van der Waals surface area (Å²) in [6.45, 7) is 2.39. The lowest BCUT2D eigenvalue weighted by atomic mass is 10.2.